The number of hydrogen-bond donors (Lipinski definition) is 1. The van der Waals surface area contributed by atoms with E-state index in [1.165, 1.54) is 0 Å². The Kier molecular flexibility index (Phi) is 4.23. The molecule has 8 heteroatoms. The molecule has 0 saturated carbocycles. The molecule has 1 aromatic carbocycles. The molecule has 3 heterocycles. The number of fused-ring (bicyclic) bond motifs is 1. The average Bonchev–Trinajstić information content (AvgIpc) is 3.03. The zero-order valence-electron chi connectivity index (χ0n) is 15.3. The van der Waals surface area contributed by atoms with Crippen LogP contribution < -0.4 is 14.8 Å². The number of aromatic nitrogens is 4. The van der Waals surface area contributed by atoms with E-state index < -0.39 is 0 Å². The van der Waals surface area contributed by atoms with Crippen molar-refractivity contribution < 1.29 is 14.3 Å². The van der Waals surface area contributed by atoms with Crippen molar-refractivity contribution in [2.45, 2.75) is 19.3 Å². The van der Waals surface area contributed by atoms with E-state index in [1.54, 1.807) is 37.4 Å². The molecule has 1 amide bonds. The van der Waals surface area contributed by atoms with Gasteiger partial charge in [-0.2, -0.15) is 9.78 Å². The van der Waals surface area contributed by atoms with Crippen molar-refractivity contribution in [3.8, 4) is 17.4 Å². The molecule has 3 aromatic rings. The van der Waals surface area contributed by atoms with Gasteiger partial charge >= 0.3 is 0 Å². The number of nitrogens with zero attached hydrogens (tertiary/aromatic N) is 4. The van der Waals surface area contributed by atoms with Gasteiger partial charge in [-0.15, -0.1) is 0 Å². The summed E-state index contributed by atoms with van der Waals surface area (Å²) in [5.41, 5.74) is 2.73. The van der Waals surface area contributed by atoms with Crippen LogP contribution >= 0.6 is 0 Å². The Labute approximate surface area is 156 Å². The smallest absolute Gasteiger partial charge is 0.252 e. The maximum absolute atomic E-state index is 12.4. The molecule has 2 aromatic heterocycles. The van der Waals surface area contributed by atoms with Crippen molar-refractivity contribution in [2.75, 3.05) is 19.5 Å². The predicted molar refractivity (Wildman–Crippen MR) is 98.5 cm³/mol. The molecule has 0 fully saturated rings. The minimum atomic E-state index is -0.147. The summed E-state index contributed by atoms with van der Waals surface area (Å²) in [5, 5.41) is 7.49. The number of ether oxygens (including phenoxy) is 2. The number of benzene rings is 1. The molecule has 138 valence electrons. The molecule has 8 nitrogen and oxygen atoms in total. The van der Waals surface area contributed by atoms with E-state index in [-0.39, 0.29) is 11.8 Å². The Morgan fingerprint density at radius 2 is 1.89 bits per heavy atom. The molecular weight excluding hydrogens is 346 g/mol. The normalized spacial score (nSPS) is 15.8. The maximum atomic E-state index is 12.4. The van der Waals surface area contributed by atoms with Gasteiger partial charge in [0.2, 0.25) is 5.91 Å². The molecule has 0 radical (unpaired) electrons. The Morgan fingerprint density at radius 1 is 1.15 bits per heavy atom. The van der Waals surface area contributed by atoms with Crippen LogP contribution in [0.5, 0.6) is 11.5 Å². The van der Waals surface area contributed by atoms with Crippen LogP contribution in [0.25, 0.3) is 5.95 Å². The Bertz CT molecular complexity index is 1000. The second-order valence-corrected chi connectivity index (χ2v) is 6.23. The lowest BCUT2D eigenvalue weighted by molar-refractivity contribution is -0.116. The van der Waals surface area contributed by atoms with Crippen LogP contribution in [0.1, 0.15) is 29.2 Å². The van der Waals surface area contributed by atoms with Gasteiger partial charge in [-0.3, -0.25) is 4.79 Å². The van der Waals surface area contributed by atoms with E-state index in [0.29, 0.717) is 29.7 Å². The monoisotopic (exact) mass is 365 g/mol. The molecule has 1 N–H and O–H groups in total. The summed E-state index contributed by atoms with van der Waals surface area (Å²) in [6.45, 7) is 1.92. The number of amides is 1. The molecule has 0 aliphatic carbocycles. The summed E-state index contributed by atoms with van der Waals surface area (Å²) in [7, 11) is 3.19. The van der Waals surface area contributed by atoms with Gasteiger partial charge in [0.15, 0.2) is 11.5 Å². The van der Waals surface area contributed by atoms with E-state index in [9.17, 15) is 4.79 Å². The van der Waals surface area contributed by atoms with Gasteiger partial charge in [0, 0.05) is 30.3 Å². The third-order valence-corrected chi connectivity index (χ3v) is 4.65. The minimum Gasteiger partial charge on any atom is -0.493 e. The van der Waals surface area contributed by atoms with Gasteiger partial charge in [-0.25, -0.2) is 9.97 Å². The quantitative estimate of drug-likeness (QED) is 0.764. The molecule has 0 spiro atoms. The van der Waals surface area contributed by atoms with Crippen molar-refractivity contribution in [1.29, 1.82) is 0 Å². The third kappa shape index (κ3) is 2.88. The lowest BCUT2D eigenvalue weighted by Gasteiger charge is -2.24. The molecule has 1 unspecified atom stereocenters. The summed E-state index contributed by atoms with van der Waals surface area (Å²) in [4.78, 5) is 20.9. The van der Waals surface area contributed by atoms with Gasteiger partial charge in [-0.05, 0) is 30.7 Å². The summed E-state index contributed by atoms with van der Waals surface area (Å²) in [6.07, 6.45) is 3.61. The SMILES string of the molecule is COc1ccc(C2CC(=O)Nc3c2c(C)nn3-c2ncccn2)cc1OC. The van der Waals surface area contributed by atoms with Crippen molar-refractivity contribution in [2.24, 2.45) is 0 Å². The Morgan fingerprint density at radius 3 is 2.59 bits per heavy atom. The third-order valence-electron chi connectivity index (χ3n) is 4.65. The fourth-order valence-electron chi connectivity index (χ4n) is 3.45. The van der Waals surface area contributed by atoms with Crippen molar-refractivity contribution in [3.63, 3.8) is 0 Å². The predicted octanol–water partition coefficient (Wildman–Crippen LogP) is 2.46. The number of carbonyl (C=O) groups is 1. The largest absolute Gasteiger partial charge is 0.493 e. The lowest BCUT2D eigenvalue weighted by Crippen LogP contribution is -2.25. The molecule has 4 rings (SSSR count). The molecule has 27 heavy (non-hydrogen) atoms. The van der Waals surface area contributed by atoms with E-state index in [2.05, 4.69) is 20.4 Å². The lowest BCUT2D eigenvalue weighted by atomic mass is 9.85. The highest BCUT2D eigenvalue weighted by Crippen LogP contribution is 2.42. The second-order valence-electron chi connectivity index (χ2n) is 6.23. The zero-order chi connectivity index (χ0) is 19.0. The first kappa shape index (κ1) is 17.0. The van der Waals surface area contributed by atoms with E-state index in [1.807, 2.05) is 25.1 Å². The van der Waals surface area contributed by atoms with Gasteiger partial charge in [0.1, 0.15) is 5.82 Å². The van der Waals surface area contributed by atoms with Gasteiger partial charge < -0.3 is 14.8 Å². The van der Waals surface area contributed by atoms with Crippen LogP contribution in [0, 0.1) is 6.92 Å². The number of rotatable bonds is 4. The van der Waals surface area contributed by atoms with Crippen molar-refractivity contribution in [1.82, 2.24) is 19.7 Å². The van der Waals surface area contributed by atoms with Crippen LogP contribution in [-0.2, 0) is 4.79 Å². The first-order chi connectivity index (χ1) is 13.1. The fraction of sp³-hybridized carbons (Fsp3) is 0.263. The fourth-order valence-corrected chi connectivity index (χ4v) is 3.45. The molecular formula is C19H19N5O3. The van der Waals surface area contributed by atoms with E-state index in [4.69, 9.17) is 9.47 Å². The van der Waals surface area contributed by atoms with E-state index >= 15 is 0 Å². The van der Waals surface area contributed by atoms with Gasteiger partial charge in [0.25, 0.3) is 5.95 Å². The number of aryl methyl sites for hydroxylation is 1. The van der Waals surface area contributed by atoms with Crippen LogP contribution in [0.15, 0.2) is 36.7 Å². The zero-order valence-corrected chi connectivity index (χ0v) is 15.3. The van der Waals surface area contributed by atoms with Crippen molar-refractivity contribution in [3.05, 3.63) is 53.5 Å². The highest BCUT2D eigenvalue weighted by Gasteiger charge is 2.33. The number of nitrogens with one attached hydrogen (secondary N) is 1. The number of methoxy groups -OCH3 is 2. The van der Waals surface area contributed by atoms with E-state index in [0.717, 1.165) is 16.8 Å². The Hall–Kier alpha value is -3.42. The number of hydrogen-bond acceptors (Lipinski definition) is 6. The molecule has 0 saturated heterocycles. The Balaban J connectivity index is 1.85. The average molecular weight is 365 g/mol. The molecule has 1 aliphatic rings. The summed E-state index contributed by atoms with van der Waals surface area (Å²) < 4.78 is 12.3. The van der Waals surface area contributed by atoms with Gasteiger partial charge in [-0.1, -0.05) is 6.07 Å². The molecule has 1 atom stereocenters. The topological polar surface area (TPSA) is 91.2 Å². The standard InChI is InChI=1S/C19H19N5O3/c1-11-17-13(12-5-6-14(26-2)15(9-12)27-3)10-16(25)22-18(17)24(23-11)19-20-7-4-8-21-19/h4-9,13H,10H2,1-3H3,(H,22,25). The first-order valence-corrected chi connectivity index (χ1v) is 8.51. The second kappa shape index (κ2) is 6.71. The minimum absolute atomic E-state index is 0.0839. The summed E-state index contributed by atoms with van der Waals surface area (Å²) in [5.74, 6) is 2.06. The summed E-state index contributed by atoms with van der Waals surface area (Å²) >= 11 is 0. The maximum Gasteiger partial charge on any atom is 0.252 e. The molecule has 0 bridgehead atoms. The highest BCUT2D eigenvalue weighted by molar-refractivity contribution is 5.95. The van der Waals surface area contributed by atoms with Gasteiger partial charge in [0.05, 0.1) is 19.9 Å². The van der Waals surface area contributed by atoms with Crippen molar-refractivity contribution >= 4 is 11.7 Å². The highest BCUT2D eigenvalue weighted by atomic mass is 16.5. The van der Waals surface area contributed by atoms with Crippen LogP contribution in [0.3, 0.4) is 0 Å². The first-order valence-electron chi connectivity index (χ1n) is 8.51. The molecule has 1 aliphatic heterocycles. The number of anilines is 1. The van der Waals surface area contributed by atoms with Crippen LogP contribution in [0.4, 0.5) is 5.82 Å². The summed E-state index contributed by atoms with van der Waals surface area (Å²) in [6, 6.07) is 7.43. The van der Waals surface area contributed by atoms with Crippen LogP contribution in [0.2, 0.25) is 0 Å². The van der Waals surface area contributed by atoms with Crippen LogP contribution in [-0.4, -0.2) is 39.9 Å². The number of carbonyl (C=O) groups excluding carboxylic acids is 1.